The summed E-state index contributed by atoms with van der Waals surface area (Å²) in [5, 5.41) is 5.82. The fraction of sp³-hybridized carbons (Fsp3) is 0.333. The van der Waals surface area contributed by atoms with Crippen molar-refractivity contribution in [1.29, 1.82) is 0 Å². The molecule has 0 bridgehead atoms. The molecule has 2 N–H and O–H groups in total. The van der Waals surface area contributed by atoms with Gasteiger partial charge in [0.05, 0.1) is 13.1 Å². The Kier molecular flexibility index (Phi) is 8.00. The Morgan fingerprint density at radius 1 is 0.963 bits per heavy atom. The molecule has 5 nitrogen and oxygen atoms in total. The molecule has 0 unspecified atom stereocenters. The Bertz CT molecular complexity index is 808. The van der Waals surface area contributed by atoms with Crippen LogP contribution in [-0.4, -0.2) is 36.3 Å². The third-order valence-electron chi connectivity index (χ3n) is 4.14. The van der Waals surface area contributed by atoms with E-state index < -0.39 is 0 Å². The Hall–Kier alpha value is -2.18. The molecular weight excluding hydrogens is 406 g/mol. The predicted octanol–water partition coefficient (Wildman–Crippen LogP) is 4.36. The topological polar surface area (TPSA) is 61.4 Å². The summed E-state index contributed by atoms with van der Waals surface area (Å²) >= 11 is 3.45. The molecule has 0 heterocycles. The number of rotatable bonds is 8. The number of carbonyl (C=O) groups excluding carboxylic acids is 2. The van der Waals surface area contributed by atoms with Gasteiger partial charge in [-0.05, 0) is 62.2 Å². The number of amides is 2. The second-order valence-electron chi connectivity index (χ2n) is 6.59. The Morgan fingerprint density at radius 2 is 1.63 bits per heavy atom. The van der Waals surface area contributed by atoms with Gasteiger partial charge in [0.15, 0.2) is 0 Å². The van der Waals surface area contributed by atoms with Gasteiger partial charge in [0.2, 0.25) is 11.8 Å². The zero-order valence-corrected chi connectivity index (χ0v) is 17.6. The van der Waals surface area contributed by atoms with E-state index in [1.165, 1.54) is 0 Å². The SMILES string of the molecule is CCCN(CC(=O)Nc1ccc(Br)c(C)c1)CC(=O)Nc1ccccc1C. The van der Waals surface area contributed by atoms with Crippen molar-refractivity contribution in [3.05, 3.63) is 58.1 Å². The average Bonchev–Trinajstić information content (AvgIpc) is 2.60. The van der Waals surface area contributed by atoms with Crippen molar-refractivity contribution in [2.24, 2.45) is 0 Å². The van der Waals surface area contributed by atoms with E-state index in [0.29, 0.717) is 6.54 Å². The lowest BCUT2D eigenvalue weighted by atomic mass is 10.2. The van der Waals surface area contributed by atoms with E-state index >= 15 is 0 Å². The van der Waals surface area contributed by atoms with Crippen molar-refractivity contribution in [2.75, 3.05) is 30.3 Å². The number of nitrogens with zero attached hydrogens (tertiary/aromatic N) is 1. The molecule has 0 saturated carbocycles. The van der Waals surface area contributed by atoms with Crippen molar-refractivity contribution in [3.8, 4) is 0 Å². The monoisotopic (exact) mass is 431 g/mol. The quantitative estimate of drug-likeness (QED) is 0.652. The molecular formula is C21H26BrN3O2. The van der Waals surface area contributed by atoms with E-state index in [9.17, 15) is 9.59 Å². The van der Waals surface area contributed by atoms with Crippen LogP contribution >= 0.6 is 15.9 Å². The number of anilines is 2. The first-order chi connectivity index (χ1) is 12.9. The van der Waals surface area contributed by atoms with Crippen molar-refractivity contribution >= 4 is 39.1 Å². The largest absolute Gasteiger partial charge is 0.325 e. The zero-order valence-electron chi connectivity index (χ0n) is 16.0. The molecule has 0 saturated heterocycles. The Balaban J connectivity index is 1.93. The minimum atomic E-state index is -0.131. The molecule has 0 aliphatic rings. The fourth-order valence-corrected chi connectivity index (χ4v) is 3.01. The van der Waals surface area contributed by atoms with Crippen LogP contribution in [0.5, 0.6) is 0 Å². The van der Waals surface area contributed by atoms with Crippen LogP contribution in [0.25, 0.3) is 0 Å². The van der Waals surface area contributed by atoms with Gasteiger partial charge in [0.1, 0.15) is 0 Å². The number of hydrogen-bond acceptors (Lipinski definition) is 3. The number of para-hydroxylation sites is 1. The highest BCUT2D eigenvalue weighted by atomic mass is 79.9. The van der Waals surface area contributed by atoms with Crippen molar-refractivity contribution in [1.82, 2.24) is 4.90 Å². The number of nitrogens with one attached hydrogen (secondary N) is 2. The first-order valence-electron chi connectivity index (χ1n) is 9.03. The van der Waals surface area contributed by atoms with Crippen LogP contribution in [0.4, 0.5) is 11.4 Å². The van der Waals surface area contributed by atoms with Crippen LogP contribution < -0.4 is 10.6 Å². The first-order valence-corrected chi connectivity index (χ1v) is 9.82. The summed E-state index contributed by atoms with van der Waals surface area (Å²) in [6, 6.07) is 13.3. The molecule has 0 aromatic heterocycles. The number of aryl methyl sites for hydroxylation is 2. The number of halogens is 1. The smallest absolute Gasteiger partial charge is 0.238 e. The van der Waals surface area contributed by atoms with Gasteiger partial charge >= 0.3 is 0 Å². The van der Waals surface area contributed by atoms with Crippen LogP contribution in [-0.2, 0) is 9.59 Å². The standard InChI is InChI=1S/C21H26BrN3O2/c1-4-11-25(14-21(27)24-19-8-6-5-7-15(19)2)13-20(26)23-17-9-10-18(22)16(3)12-17/h5-10,12H,4,11,13-14H2,1-3H3,(H,23,26)(H,24,27). The molecule has 2 aromatic carbocycles. The summed E-state index contributed by atoms with van der Waals surface area (Å²) in [5.41, 5.74) is 3.61. The maximum atomic E-state index is 12.4. The van der Waals surface area contributed by atoms with Gasteiger partial charge in [-0.2, -0.15) is 0 Å². The normalized spacial score (nSPS) is 10.7. The molecule has 0 fully saturated rings. The zero-order chi connectivity index (χ0) is 19.8. The summed E-state index contributed by atoms with van der Waals surface area (Å²) in [7, 11) is 0. The molecule has 0 aliphatic carbocycles. The lowest BCUT2D eigenvalue weighted by molar-refractivity contribution is -0.120. The first kappa shape index (κ1) is 21.1. The van der Waals surface area contributed by atoms with E-state index in [1.54, 1.807) is 0 Å². The van der Waals surface area contributed by atoms with Gasteiger partial charge in [-0.25, -0.2) is 0 Å². The van der Waals surface area contributed by atoms with Gasteiger partial charge in [0.25, 0.3) is 0 Å². The van der Waals surface area contributed by atoms with E-state index in [4.69, 9.17) is 0 Å². The molecule has 144 valence electrons. The van der Waals surface area contributed by atoms with Crippen LogP contribution in [0.1, 0.15) is 24.5 Å². The maximum Gasteiger partial charge on any atom is 0.238 e. The number of hydrogen-bond donors (Lipinski definition) is 2. The minimum Gasteiger partial charge on any atom is -0.325 e. The minimum absolute atomic E-state index is 0.120. The highest BCUT2D eigenvalue weighted by Gasteiger charge is 2.15. The molecule has 0 spiro atoms. The molecule has 0 atom stereocenters. The molecule has 0 radical (unpaired) electrons. The molecule has 6 heteroatoms. The highest BCUT2D eigenvalue weighted by molar-refractivity contribution is 9.10. The molecule has 2 aromatic rings. The number of benzene rings is 2. The maximum absolute atomic E-state index is 12.4. The fourth-order valence-electron chi connectivity index (χ4n) is 2.76. The van der Waals surface area contributed by atoms with Gasteiger partial charge in [-0.1, -0.05) is 41.1 Å². The summed E-state index contributed by atoms with van der Waals surface area (Å²) in [6.07, 6.45) is 0.863. The van der Waals surface area contributed by atoms with E-state index in [2.05, 4.69) is 26.6 Å². The van der Waals surface area contributed by atoms with Crippen molar-refractivity contribution < 1.29 is 9.59 Å². The van der Waals surface area contributed by atoms with Gasteiger partial charge in [-0.15, -0.1) is 0 Å². The lowest BCUT2D eigenvalue weighted by Gasteiger charge is -2.21. The molecule has 0 aliphatic heterocycles. The van der Waals surface area contributed by atoms with Crippen LogP contribution in [0.2, 0.25) is 0 Å². The highest BCUT2D eigenvalue weighted by Crippen LogP contribution is 2.20. The van der Waals surface area contributed by atoms with Gasteiger partial charge in [0, 0.05) is 15.8 Å². The third-order valence-corrected chi connectivity index (χ3v) is 5.02. The van der Waals surface area contributed by atoms with Gasteiger partial charge in [-0.3, -0.25) is 14.5 Å². The summed E-state index contributed by atoms with van der Waals surface area (Å²) < 4.78 is 1.00. The predicted molar refractivity (Wildman–Crippen MR) is 114 cm³/mol. The lowest BCUT2D eigenvalue weighted by Crippen LogP contribution is -2.39. The van der Waals surface area contributed by atoms with Crippen LogP contribution in [0.3, 0.4) is 0 Å². The summed E-state index contributed by atoms with van der Waals surface area (Å²) in [6.45, 7) is 6.97. The second-order valence-corrected chi connectivity index (χ2v) is 7.44. The van der Waals surface area contributed by atoms with Crippen LogP contribution in [0.15, 0.2) is 46.9 Å². The number of carbonyl (C=O) groups is 2. The van der Waals surface area contributed by atoms with E-state index in [0.717, 1.165) is 33.4 Å². The second kappa shape index (κ2) is 10.2. The third kappa shape index (κ3) is 6.81. The van der Waals surface area contributed by atoms with E-state index in [-0.39, 0.29) is 24.9 Å². The van der Waals surface area contributed by atoms with Crippen LogP contribution in [0, 0.1) is 13.8 Å². The molecule has 2 amide bonds. The summed E-state index contributed by atoms with van der Waals surface area (Å²) in [4.78, 5) is 26.6. The van der Waals surface area contributed by atoms with Crippen molar-refractivity contribution in [3.63, 3.8) is 0 Å². The van der Waals surface area contributed by atoms with Crippen molar-refractivity contribution in [2.45, 2.75) is 27.2 Å². The average molecular weight is 432 g/mol. The Labute approximate surface area is 169 Å². The van der Waals surface area contributed by atoms with Gasteiger partial charge < -0.3 is 10.6 Å². The summed E-state index contributed by atoms with van der Waals surface area (Å²) in [5.74, 6) is -0.251. The molecule has 27 heavy (non-hydrogen) atoms. The molecule has 2 rings (SSSR count). The Morgan fingerprint density at radius 3 is 2.26 bits per heavy atom. The van der Waals surface area contributed by atoms with E-state index in [1.807, 2.05) is 68.1 Å².